The van der Waals surface area contributed by atoms with Gasteiger partial charge in [-0.05, 0) is 116 Å². The maximum atomic E-state index is 6.40. The fraction of sp³-hybridized carbons (Fsp3) is 0.0149. The van der Waals surface area contributed by atoms with Gasteiger partial charge in [-0.3, -0.25) is 0 Å². The molecular weight excluding hydrogens is 851 g/mol. The molecule has 2 aromatic heterocycles. The zero-order valence-electron chi connectivity index (χ0n) is 38.1. The number of hydrogen-bond acceptors (Lipinski definition) is 3. The van der Waals surface area contributed by atoms with Gasteiger partial charge in [0.15, 0.2) is 0 Å². The number of nitrogens with zero attached hydrogens (tertiary/aromatic N) is 1. The molecule has 0 aliphatic heterocycles. The van der Waals surface area contributed by atoms with Gasteiger partial charge in [-0.15, -0.1) is 0 Å². The molecule has 0 bridgehead atoms. The first-order valence-corrected chi connectivity index (χ1v) is 24.0. The van der Waals surface area contributed by atoms with Gasteiger partial charge in [0.25, 0.3) is 0 Å². The summed E-state index contributed by atoms with van der Waals surface area (Å²) in [5, 5.41) is 4.53. The standard InChI is InChI=1S/C67H43NO2/c1-3-15-48(16-4-1)67(49-17-5-2-6-18-49)60-25-10-7-19-55(60)59-43-52(41-42-61(59)67)68(51-39-35-46(36-40-51)53-22-14-28-64-65(53)58-21-9-12-27-63(58)69-64)50-37-33-45(34-38-50)44-29-31-47(32-30-44)54-23-13-24-57-56-20-8-11-26-62(56)70-66(54)57/h1-43H. The highest BCUT2D eigenvalue weighted by molar-refractivity contribution is 6.12. The van der Waals surface area contributed by atoms with Crippen molar-refractivity contribution < 1.29 is 8.83 Å². The van der Waals surface area contributed by atoms with Crippen molar-refractivity contribution >= 4 is 60.9 Å². The average molecular weight is 894 g/mol. The number of furan rings is 2. The van der Waals surface area contributed by atoms with Crippen molar-refractivity contribution in [1.29, 1.82) is 0 Å². The summed E-state index contributed by atoms with van der Waals surface area (Å²) in [6, 6.07) is 94.3. The molecule has 1 aliphatic carbocycles. The zero-order chi connectivity index (χ0) is 46.2. The van der Waals surface area contributed by atoms with Crippen LogP contribution in [0.5, 0.6) is 0 Å². The predicted octanol–water partition coefficient (Wildman–Crippen LogP) is 18.3. The minimum Gasteiger partial charge on any atom is -0.456 e. The van der Waals surface area contributed by atoms with E-state index in [0.29, 0.717) is 0 Å². The molecule has 3 nitrogen and oxygen atoms in total. The van der Waals surface area contributed by atoms with Crippen LogP contribution in [0.3, 0.4) is 0 Å². The third kappa shape index (κ3) is 6.15. The summed E-state index contributed by atoms with van der Waals surface area (Å²) >= 11 is 0. The number of para-hydroxylation sites is 3. The molecule has 1 aliphatic rings. The van der Waals surface area contributed by atoms with E-state index < -0.39 is 5.41 Å². The predicted molar refractivity (Wildman–Crippen MR) is 289 cm³/mol. The van der Waals surface area contributed by atoms with Gasteiger partial charge >= 0.3 is 0 Å². The molecule has 2 heterocycles. The van der Waals surface area contributed by atoms with Gasteiger partial charge in [0, 0.05) is 44.2 Å². The van der Waals surface area contributed by atoms with Crippen molar-refractivity contribution in [3.63, 3.8) is 0 Å². The molecule has 0 saturated heterocycles. The van der Waals surface area contributed by atoms with Crippen LogP contribution in [0, 0.1) is 0 Å². The molecule has 3 heteroatoms. The Balaban J connectivity index is 0.887. The van der Waals surface area contributed by atoms with Crippen LogP contribution >= 0.6 is 0 Å². The summed E-state index contributed by atoms with van der Waals surface area (Å²) in [5.74, 6) is 0. The third-order valence-electron chi connectivity index (χ3n) is 14.6. The molecule has 13 aromatic rings. The van der Waals surface area contributed by atoms with E-state index in [0.717, 1.165) is 94.3 Å². The minimum atomic E-state index is -0.479. The van der Waals surface area contributed by atoms with E-state index in [-0.39, 0.29) is 0 Å². The molecule has 0 unspecified atom stereocenters. The van der Waals surface area contributed by atoms with E-state index >= 15 is 0 Å². The SMILES string of the molecule is c1ccc(C2(c3ccccc3)c3ccccc3-c3cc(N(c4ccc(-c5ccc(-c6cccc7c6oc6ccccc67)cc5)cc4)c4ccc(-c5cccc6oc7ccccc7c56)cc4)ccc32)cc1. The normalized spacial score (nSPS) is 12.7. The molecule has 0 radical (unpaired) electrons. The van der Waals surface area contributed by atoms with Crippen LogP contribution in [0.4, 0.5) is 17.1 Å². The highest BCUT2D eigenvalue weighted by Crippen LogP contribution is 2.57. The molecule has 0 spiro atoms. The Hall–Kier alpha value is -9.18. The summed E-state index contributed by atoms with van der Waals surface area (Å²) in [6.07, 6.45) is 0. The second-order valence-electron chi connectivity index (χ2n) is 18.3. The van der Waals surface area contributed by atoms with Crippen LogP contribution in [-0.4, -0.2) is 0 Å². The minimum absolute atomic E-state index is 0.479. The lowest BCUT2D eigenvalue weighted by molar-refractivity contribution is 0.669. The molecule has 0 saturated carbocycles. The van der Waals surface area contributed by atoms with E-state index in [1.54, 1.807) is 0 Å². The number of anilines is 3. The van der Waals surface area contributed by atoms with Gasteiger partial charge in [0.05, 0.1) is 5.41 Å². The highest BCUT2D eigenvalue weighted by atomic mass is 16.3. The van der Waals surface area contributed by atoms with Crippen molar-refractivity contribution in [2.24, 2.45) is 0 Å². The molecule has 70 heavy (non-hydrogen) atoms. The maximum Gasteiger partial charge on any atom is 0.143 e. The second kappa shape index (κ2) is 16.0. The van der Waals surface area contributed by atoms with Gasteiger partial charge in [-0.25, -0.2) is 0 Å². The van der Waals surface area contributed by atoms with Gasteiger partial charge in [0.2, 0.25) is 0 Å². The molecule has 11 aromatic carbocycles. The van der Waals surface area contributed by atoms with Crippen LogP contribution in [-0.2, 0) is 5.41 Å². The molecule has 328 valence electrons. The molecular formula is C67H43NO2. The molecule has 0 atom stereocenters. The summed E-state index contributed by atoms with van der Waals surface area (Å²) < 4.78 is 12.7. The second-order valence-corrected chi connectivity index (χ2v) is 18.3. The molecule has 14 rings (SSSR count). The third-order valence-corrected chi connectivity index (χ3v) is 14.6. The van der Waals surface area contributed by atoms with E-state index in [1.807, 2.05) is 24.3 Å². The summed E-state index contributed by atoms with van der Waals surface area (Å²) in [5.41, 5.74) is 20.7. The lowest BCUT2D eigenvalue weighted by Crippen LogP contribution is -2.28. The first-order chi connectivity index (χ1) is 34.7. The van der Waals surface area contributed by atoms with Crippen molar-refractivity contribution in [2.75, 3.05) is 4.90 Å². The van der Waals surface area contributed by atoms with Gasteiger partial charge in [0.1, 0.15) is 22.3 Å². The Morgan fingerprint density at radius 1 is 0.286 bits per heavy atom. The van der Waals surface area contributed by atoms with Crippen LogP contribution in [0.1, 0.15) is 22.3 Å². The number of rotatable bonds is 8. The van der Waals surface area contributed by atoms with Crippen LogP contribution in [0.15, 0.2) is 270 Å². The summed E-state index contributed by atoms with van der Waals surface area (Å²) in [4.78, 5) is 2.40. The number of benzene rings is 11. The largest absolute Gasteiger partial charge is 0.456 e. The topological polar surface area (TPSA) is 29.5 Å². The van der Waals surface area contributed by atoms with Crippen molar-refractivity contribution in [2.45, 2.75) is 5.41 Å². The number of hydrogen-bond donors (Lipinski definition) is 0. The summed E-state index contributed by atoms with van der Waals surface area (Å²) in [7, 11) is 0. The molecule has 0 amide bonds. The van der Waals surface area contributed by atoms with Crippen LogP contribution in [0.25, 0.3) is 88.4 Å². The van der Waals surface area contributed by atoms with E-state index in [4.69, 9.17) is 8.83 Å². The van der Waals surface area contributed by atoms with Crippen LogP contribution < -0.4 is 4.90 Å². The maximum absolute atomic E-state index is 6.40. The van der Waals surface area contributed by atoms with Gasteiger partial charge in [-0.2, -0.15) is 0 Å². The smallest absolute Gasteiger partial charge is 0.143 e. The van der Waals surface area contributed by atoms with E-state index in [1.165, 1.54) is 33.4 Å². The first kappa shape index (κ1) is 39.9. The quantitative estimate of drug-likeness (QED) is 0.152. The fourth-order valence-corrected chi connectivity index (χ4v) is 11.4. The lowest BCUT2D eigenvalue weighted by atomic mass is 9.68. The summed E-state index contributed by atoms with van der Waals surface area (Å²) in [6.45, 7) is 0. The fourth-order valence-electron chi connectivity index (χ4n) is 11.4. The Morgan fingerprint density at radius 3 is 1.47 bits per heavy atom. The Kier molecular flexibility index (Phi) is 9.11. The highest BCUT2D eigenvalue weighted by Gasteiger charge is 2.46. The molecule has 0 N–H and O–H groups in total. The Labute approximate surface area is 405 Å². The first-order valence-electron chi connectivity index (χ1n) is 24.0. The zero-order valence-corrected chi connectivity index (χ0v) is 38.1. The van der Waals surface area contributed by atoms with Crippen molar-refractivity contribution in [3.8, 4) is 44.5 Å². The lowest BCUT2D eigenvalue weighted by Gasteiger charge is -2.34. The van der Waals surface area contributed by atoms with Crippen LogP contribution in [0.2, 0.25) is 0 Å². The molecule has 0 fully saturated rings. The number of fused-ring (bicyclic) bond motifs is 9. The Bertz CT molecular complexity index is 4050. The van der Waals surface area contributed by atoms with E-state index in [9.17, 15) is 0 Å². The average Bonchev–Trinajstić information content (AvgIpc) is 4.11. The Morgan fingerprint density at radius 2 is 0.757 bits per heavy atom. The van der Waals surface area contributed by atoms with Crippen molar-refractivity contribution in [3.05, 3.63) is 283 Å². The van der Waals surface area contributed by atoms with Gasteiger partial charge in [-0.1, -0.05) is 206 Å². The van der Waals surface area contributed by atoms with Crippen molar-refractivity contribution in [1.82, 2.24) is 0 Å². The monoisotopic (exact) mass is 893 g/mol. The van der Waals surface area contributed by atoms with Gasteiger partial charge < -0.3 is 13.7 Å². The van der Waals surface area contributed by atoms with E-state index in [2.05, 4.69) is 241 Å².